The van der Waals surface area contributed by atoms with Gasteiger partial charge in [0.2, 0.25) is 5.95 Å². The fraction of sp³-hybridized carbons (Fsp3) is 0.615. The fourth-order valence-corrected chi connectivity index (χ4v) is 2.04. The van der Waals surface area contributed by atoms with Crippen molar-refractivity contribution < 1.29 is 9.53 Å². The minimum absolute atomic E-state index is 0.109. The van der Waals surface area contributed by atoms with E-state index < -0.39 is 0 Å². The van der Waals surface area contributed by atoms with E-state index in [1.54, 1.807) is 13.8 Å². The Morgan fingerprint density at radius 3 is 2.78 bits per heavy atom. The zero-order chi connectivity index (χ0) is 13.2. The van der Waals surface area contributed by atoms with Crippen LogP contribution in [0.3, 0.4) is 0 Å². The summed E-state index contributed by atoms with van der Waals surface area (Å²) in [7, 11) is 0. The molecule has 1 heterocycles. The van der Waals surface area contributed by atoms with E-state index in [1.807, 2.05) is 0 Å². The Labute approximate surface area is 107 Å². The zero-order valence-electron chi connectivity index (χ0n) is 11.1. The van der Waals surface area contributed by atoms with Crippen molar-refractivity contribution in [3.8, 4) is 0 Å². The van der Waals surface area contributed by atoms with E-state index in [9.17, 15) is 4.79 Å². The van der Waals surface area contributed by atoms with E-state index in [2.05, 4.69) is 22.2 Å². The van der Waals surface area contributed by atoms with Gasteiger partial charge >= 0.3 is 5.97 Å². The van der Waals surface area contributed by atoms with Crippen LogP contribution in [0.25, 0.3) is 0 Å². The Morgan fingerprint density at radius 1 is 1.56 bits per heavy atom. The number of anilines is 1. The molecule has 0 radical (unpaired) electrons. The summed E-state index contributed by atoms with van der Waals surface area (Å²) in [4.78, 5) is 20.1. The Kier molecular flexibility index (Phi) is 3.50. The van der Waals surface area contributed by atoms with E-state index in [-0.39, 0.29) is 11.5 Å². The molecule has 0 aliphatic heterocycles. The lowest BCUT2D eigenvalue weighted by atomic mass is 9.79. The number of carbonyl (C=O) groups excluding carboxylic acids is 1. The maximum absolute atomic E-state index is 11.6. The van der Waals surface area contributed by atoms with Gasteiger partial charge in [-0.15, -0.1) is 0 Å². The van der Waals surface area contributed by atoms with E-state index in [1.165, 1.54) is 12.6 Å². The summed E-state index contributed by atoms with van der Waals surface area (Å²) in [6.45, 7) is 6.09. The predicted octanol–water partition coefficient (Wildman–Crippen LogP) is 2.32. The van der Waals surface area contributed by atoms with Crippen molar-refractivity contribution in [3.05, 3.63) is 17.5 Å². The Hall–Kier alpha value is -1.65. The molecule has 0 bridgehead atoms. The first kappa shape index (κ1) is 12.8. The maximum atomic E-state index is 11.6. The Bertz CT molecular complexity index is 456. The maximum Gasteiger partial charge on any atom is 0.341 e. The smallest absolute Gasteiger partial charge is 0.341 e. The summed E-state index contributed by atoms with van der Waals surface area (Å²) < 4.78 is 4.94. The number of aromatic nitrogens is 2. The second-order valence-electron chi connectivity index (χ2n) is 4.95. The first-order valence-corrected chi connectivity index (χ1v) is 6.33. The highest BCUT2D eigenvalue weighted by Gasteiger charge is 2.32. The van der Waals surface area contributed by atoms with Gasteiger partial charge in [-0.25, -0.2) is 14.8 Å². The SMILES string of the molecule is CCOC(=O)c1cnc(NC2(C)CCC2)nc1C. The molecule has 1 saturated carbocycles. The third-order valence-electron chi connectivity index (χ3n) is 3.35. The van der Waals surface area contributed by atoms with Gasteiger partial charge in [0.25, 0.3) is 0 Å². The highest BCUT2D eigenvalue weighted by Crippen LogP contribution is 2.33. The van der Waals surface area contributed by atoms with Gasteiger partial charge in [-0.1, -0.05) is 0 Å². The van der Waals surface area contributed by atoms with Crippen LogP contribution in [0.15, 0.2) is 6.20 Å². The topological polar surface area (TPSA) is 64.1 Å². The molecule has 5 nitrogen and oxygen atoms in total. The number of hydrogen-bond donors (Lipinski definition) is 1. The molecule has 1 aromatic rings. The number of esters is 1. The fourth-order valence-electron chi connectivity index (χ4n) is 2.04. The van der Waals surface area contributed by atoms with Gasteiger partial charge in [0.15, 0.2) is 0 Å². The molecule has 1 fully saturated rings. The van der Waals surface area contributed by atoms with Crippen molar-refractivity contribution in [2.45, 2.75) is 45.6 Å². The van der Waals surface area contributed by atoms with Crippen molar-refractivity contribution in [1.82, 2.24) is 9.97 Å². The summed E-state index contributed by atoms with van der Waals surface area (Å²) in [5.74, 6) is 0.221. The van der Waals surface area contributed by atoms with Gasteiger partial charge < -0.3 is 10.1 Å². The summed E-state index contributed by atoms with van der Waals surface area (Å²) >= 11 is 0. The van der Waals surface area contributed by atoms with E-state index >= 15 is 0 Å². The van der Waals surface area contributed by atoms with Gasteiger partial charge in [0.05, 0.1) is 17.9 Å². The molecular formula is C13H19N3O2. The second-order valence-corrected chi connectivity index (χ2v) is 4.95. The summed E-state index contributed by atoms with van der Waals surface area (Å²) in [6.07, 6.45) is 5.04. The molecule has 2 rings (SSSR count). The second kappa shape index (κ2) is 4.92. The minimum atomic E-state index is -0.364. The lowest BCUT2D eigenvalue weighted by Crippen LogP contribution is -2.42. The van der Waals surface area contributed by atoms with Crippen LogP contribution in [-0.4, -0.2) is 28.1 Å². The van der Waals surface area contributed by atoms with E-state index in [4.69, 9.17) is 4.74 Å². The lowest BCUT2D eigenvalue weighted by molar-refractivity contribution is 0.0524. The largest absolute Gasteiger partial charge is 0.462 e. The molecule has 1 aliphatic rings. The number of carbonyl (C=O) groups is 1. The molecular weight excluding hydrogens is 230 g/mol. The van der Waals surface area contributed by atoms with Crippen LogP contribution in [0.2, 0.25) is 0 Å². The molecule has 0 aromatic carbocycles. The van der Waals surface area contributed by atoms with Crippen LogP contribution < -0.4 is 5.32 Å². The molecule has 5 heteroatoms. The number of nitrogens with one attached hydrogen (secondary N) is 1. The highest BCUT2D eigenvalue weighted by atomic mass is 16.5. The quantitative estimate of drug-likeness (QED) is 0.830. The standard InChI is InChI=1S/C13H19N3O2/c1-4-18-11(17)10-8-14-12(15-9(10)2)16-13(3)6-5-7-13/h8H,4-7H2,1-3H3,(H,14,15,16). The lowest BCUT2D eigenvalue weighted by Gasteiger charge is -2.39. The average molecular weight is 249 g/mol. The first-order chi connectivity index (χ1) is 8.54. The van der Waals surface area contributed by atoms with Crippen molar-refractivity contribution in [3.63, 3.8) is 0 Å². The van der Waals surface area contributed by atoms with Crippen molar-refractivity contribution >= 4 is 11.9 Å². The summed E-state index contributed by atoms with van der Waals surface area (Å²) in [6, 6.07) is 0. The Morgan fingerprint density at radius 2 is 2.28 bits per heavy atom. The van der Waals surface area contributed by atoms with Crippen LogP contribution in [0.4, 0.5) is 5.95 Å². The molecule has 0 spiro atoms. The Balaban J connectivity index is 2.11. The molecule has 0 atom stereocenters. The third-order valence-corrected chi connectivity index (χ3v) is 3.35. The van der Waals surface area contributed by atoms with Crippen molar-refractivity contribution in [1.29, 1.82) is 0 Å². The van der Waals surface area contributed by atoms with Crippen molar-refractivity contribution in [2.24, 2.45) is 0 Å². The molecule has 18 heavy (non-hydrogen) atoms. The molecule has 98 valence electrons. The molecule has 0 unspecified atom stereocenters. The zero-order valence-corrected chi connectivity index (χ0v) is 11.1. The number of rotatable bonds is 4. The van der Waals surface area contributed by atoms with Crippen molar-refractivity contribution in [2.75, 3.05) is 11.9 Å². The van der Waals surface area contributed by atoms with Gasteiger partial charge in [-0.05, 0) is 40.0 Å². The number of hydrogen-bond acceptors (Lipinski definition) is 5. The van der Waals surface area contributed by atoms with Gasteiger partial charge in [0, 0.05) is 11.7 Å². The van der Waals surface area contributed by atoms with Gasteiger partial charge in [-0.2, -0.15) is 0 Å². The molecule has 0 amide bonds. The average Bonchev–Trinajstić information content (AvgIpc) is 2.27. The monoisotopic (exact) mass is 249 g/mol. The molecule has 1 N–H and O–H groups in total. The predicted molar refractivity (Wildman–Crippen MR) is 68.6 cm³/mol. The van der Waals surface area contributed by atoms with Crippen LogP contribution in [-0.2, 0) is 4.74 Å². The number of nitrogens with zero attached hydrogens (tertiary/aromatic N) is 2. The number of ether oxygens (including phenoxy) is 1. The molecule has 0 saturated heterocycles. The van der Waals surface area contributed by atoms with E-state index in [0.29, 0.717) is 23.8 Å². The first-order valence-electron chi connectivity index (χ1n) is 6.33. The van der Waals surface area contributed by atoms with Gasteiger partial charge in [0.1, 0.15) is 0 Å². The highest BCUT2D eigenvalue weighted by molar-refractivity contribution is 5.90. The summed E-state index contributed by atoms with van der Waals surface area (Å²) in [5.41, 5.74) is 1.19. The van der Waals surface area contributed by atoms with Crippen LogP contribution >= 0.6 is 0 Å². The van der Waals surface area contributed by atoms with E-state index in [0.717, 1.165) is 12.8 Å². The van der Waals surface area contributed by atoms with Gasteiger partial charge in [-0.3, -0.25) is 0 Å². The summed E-state index contributed by atoms with van der Waals surface area (Å²) in [5, 5.41) is 3.32. The minimum Gasteiger partial charge on any atom is -0.462 e. The molecule has 1 aliphatic carbocycles. The van der Waals surface area contributed by atoms with Crippen LogP contribution in [0.5, 0.6) is 0 Å². The normalized spacial score (nSPS) is 16.8. The third kappa shape index (κ3) is 2.60. The number of aryl methyl sites for hydroxylation is 1. The molecule has 1 aromatic heterocycles. The van der Waals surface area contributed by atoms with Crippen LogP contribution in [0, 0.1) is 6.92 Å². The van der Waals surface area contributed by atoms with Crippen LogP contribution in [0.1, 0.15) is 49.2 Å².